The van der Waals surface area contributed by atoms with Crippen LogP contribution in [0.5, 0.6) is 0 Å². The van der Waals surface area contributed by atoms with Gasteiger partial charge in [-0.2, -0.15) is 5.26 Å². The fourth-order valence-electron chi connectivity index (χ4n) is 1.83. The summed E-state index contributed by atoms with van der Waals surface area (Å²) in [5.41, 5.74) is 1.19. The zero-order chi connectivity index (χ0) is 14.5. The number of rotatable bonds is 4. The van der Waals surface area contributed by atoms with Crippen molar-refractivity contribution in [1.82, 2.24) is 0 Å². The van der Waals surface area contributed by atoms with Crippen LogP contribution < -0.4 is 5.32 Å². The van der Waals surface area contributed by atoms with Gasteiger partial charge in [0.25, 0.3) is 0 Å². The molecule has 20 heavy (non-hydrogen) atoms. The van der Waals surface area contributed by atoms with E-state index in [9.17, 15) is 8.78 Å². The van der Waals surface area contributed by atoms with Gasteiger partial charge >= 0.3 is 0 Å². The standard InChI is InChI=1S/C15H12F2N2O/c16-13-5-12(7-18)6-14(17)15(13)19-8-10-2-1-3-11(4-10)9-20/h1-6,19-20H,8-9H2. The molecule has 0 aliphatic rings. The predicted octanol–water partition coefficient (Wildman–Crippen LogP) is 2.94. The van der Waals surface area contributed by atoms with E-state index in [1.807, 2.05) is 0 Å². The van der Waals surface area contributed by atoms with Crippen LogP contribution in [0.3, 0.4) is 0 Å². The fraction of sp³-hybridized carbons (Fsp3) is 0.133. The number of nitrogens with one attached hydrogen (secondary N) is 1. The molecule has 5 heteroatoms. The van der Waals surface area contributed by atoms with Gasteiger partial charge in [-0.3, -0.25) is 0 Å². The first kappa shape index (κ1) is 14.0. The summed E-state index contributed by atoms with van der Waals surface area (Å²) in [5.74, 6) is -1.61. The summed E-state index contributed by atoms with van der Waals surface area (Å²) < 4.78 is 27.3. The molecule has 2 rings (SSSR count). The van der Waals surface area contributed by atoms with Gasteiger partial charge in [-0.05, 0) is 23.3 Å². The Kier molecular flexibility index (Phi) is 4.28. The second-order valence-corrected chi connectivity index (χ2v) is 4.26. The maximum atomic E-state index is 13.7. The summed E-state index contributed by atoms with van der Waals surface area (Å²) >= 11 is 0. The second-order valence-electron chi connectivity index (χ2n) is 4.26. The molecule has 2 aromatic rings. The number of hydrogen-bond donors (Lipinski definition) is 2. The van der Waals surface area contributed by atoms with E-state index in [2.05, 4.69) is 5.32 Å². The van der Waals surface area contributed by atoms with Crippen molar-refractivity contribution >= 4 is 5.69 Å². The van der Waals surface area contributed by atoms with Crippen LogP contribution >= 0.6 is 0 Å². The van der Waals surface area contributed by atoms with Crippen LogP contribution in [0.2, 0.25) is 0 Å². The largest absolute Gasteiger partial charge is 0.392 e. The number of nitriles is 1. The summed E-state index contributed by atoms with van der Waals surface area (Å²) in [6, 6.07) is 10.7. The first-order chi connectivity index (χ1) is 9.63. The summed E-state index contributed by atoms with van der Waals surface area (Å²) in [4.78, 5) is 0. The highest BCUT2D eigenvalue weighted by molar-refractivity contribution is 5.50. The molecule has 0 amide bonds. The van der Waals surface area contributed by atoms with Crippen LogP contribution in [0.4, 0.5) is 14.5 Å². The van der Waals surface area contributed by atoms with Crippen molar-refractivity contribution in [3.05, 3.63) is 64.7 Å². The van der Waals surface area contributed by atoms with E-state index in [1.165, 1.54) is 0 Å². The smallest absolute Gasteiger partial charge is 0.150 e. The minimum Gasteiger partial charge on any atom is -0.392 e. The lowest BCUT2D eigenvalue weighted by molar-refractivity contribution is 0.281. The molecule has 0 saturated carbocycles. The SMILES string of the molecule is N#Cc1cc(F)c(NCc2cccc(CO)c2)c(F)c1. The Bertz CT molecular complexity index is 642. The van der Waals surface area contributed by atoms with E-state index in [4.69, 9.17) is 10.4 Å². The van der Waals surface area contributed by atoms with Crippen LogP contribution in [-0.4, -0.2) is 5.11 Å². The molecule has 0 saturated heterocycles. The Morgan fingerprint density at radius 3 is 2.35 bits per heavy atom. The molecular formula is C15H12F2N2O. The van der Waals surface area contributed by atoms with Gasteiger partial charge in [0.15, 0.2) is 11.6 Å². The molecule has 2 N–H and O–H groups in total. The third kappa shape index (κ3) is 3.11. The molecule has 0 bridgehead atoms. The molecule has 3 nitrogen and oxygen atoms in total. The summed E-state index contributed by atoms with van der Waals surface area (Å²) in [6.07, 6.45) is 0. The predicted molar refractivity (Wildman–Crippen MR) is 70.8 cm³/mol. The summed E-state index contributed by atoms with van der Waals surface area (Å²) in [5, 5.41) is 20.3. The Morgan fingerprint density at radius 2 is 1.75 bits per heavy atom. The number of benzene rings is 2. The molecule has 0 unspecified atom stereocenters. The van der Waals surface area contributed by atoms with Crippen molar-refractivity contribution in [2.75, 3.05) is 5.32 Å². The molecule has 0 heterocycles. The summed E-state index contributed by atoms with van der Waals surface area (Å²) in [6.45, 7) is 0.126. The van der Waals surface area contributed by atoms with Gasteiger partial charge in [-0.15, -0.1) is 0 Å². The molecule has 0 aliphatic carbocycles. The lowest BCUT2D eigenvalue weighted by Gasteiger charge is -2.10. The third-order valence-electron chi connectivity index (χ3n) is 2.81. The highest BCUT2D eigenvalue weighted by atomic mass is 19.1. The van der Waals surface area contributed by atoms with Crippen molar-refractivity contribution < 1.29 is 13.9 Å². The van der Waals surface area contributed by atoms with Crippen LogP contribution in [0, 0.1) is 23.0 Å². The average Bonchev–Trinajstić information content (AvgIpc) is 2.46. The Balaban J connectivity index is 2.17. The molecule has 2 aromatic carbocycles. The Labute approximate surface area is 115 Å². The van der Waals surface area contributed by atoms with Crippen molar-refractivity contribution in [2.45, 2.75) is 13.2 Å². The van der Waals surface area contributed by atoms with Gasteiger partial charge in [0.05, 0.1) is 18.2 Å². The van der Waals surface area contributed by atoms with Crippen molar-refractivity contribution in [2.24, 2.45) is 0 Å². The van der Waals surface area contributed by atoms with Crippen molar-refractivity contribution in [3.63, 3.8) is 0 Å². The second kappa shape index (κ2) is 6.13. The highest BCUT2D eigenvalue weighted by Gasteiger charge is 2.10. The maximum Gasteiger partial charge on any atom is 0.150 e. The number of halogens is 2. The van der Waals surface area contributed by atoms with Crippen LogP contribution in [0.15, 0.2) is 36.4 Å². The number of aliphatic hydroxyl groups is 1. The van der Waals surface area contributed by atoms with E-state index in [0.29, 0.717) is 0 Å². The van der Waals surface area contributed by atoms with Gasteiger partial charge < -0.3 is 10.4 Å². The number of nitrogens with zero attached hydrogens (tertiary/aromatic N) is 1. The summed E-state index contributed by atoms with van der Waals surface area (Å²) in [7, 11) is 0. The van der Waals surface area contributed by atoms with E-state index in [0.717, 1.165) is 23.3 Å². The number of anilines is 1. The van der Waals surface area contributed by atoms with Gasteiger partial charge in [0.1, 0.15) is 5.69 Å². The highest BCUT2D eigenvalue weighted by Crippen LogP contribution is 2.21. The lowest BCUT2D eigenvalue weighted by atomic mass is 10.1. The zero-order valence-corrected chi connectivity index (χ0v) is 10.5. The third-order valence-corrected chi connectivity index (χ3v) is 2.81. The molecule has 0 aromatic heterocycles. The molecule has 0 spiro atoms. The van der Waals surface area contributed by atoms with E-state index in [-0.39, 0.29) is 24.4 Å². The minimum absolute atomic E-state index is 0.0622. The molecule has 0 aliphatic heterocycles. The Hall–Kier alpha value is -2.45. The fourth-order valence-corrected chi connectivity index (χ4v) is 1.83. The van der Waals surface area contributed by atoms with Crippen molar-refractivity contribution in [1.29, 1.82) is 5.26 Å². The van der Waals surface area contributed by atoms with Crippen molar-refractivity contribution in [3.8, 4) is 6.07 Å². The van der Waals surface area contributed by atoms with Crippen LogP contribution in [0.25, 0.3) is 0 Å². The first-order valence-corrected chi connectivity index (χ1v) is 5.95. The van der Waals surface area contributed by atoms with E-state index in [1.54, 1.807) is 30.3 Å². The zero-order valence-electron chi connectivity index (χ0n) is 10.5. The minimum atomic E-state index is -0.806. The molecular weight excluding hydrogens is 262 g/mol. The number of aliphatic hydroxyl groups excluding tert-OH is 1. The maximum absolute atomic E-state index is 13.7. The Morgan fingerprint density at radius 1 is 1.10 bits per heavy atom. The molecule has 0 atom stereocenters. The quantitative estimate of drug-likeness (QED) is 0.901. The lowest BCUT2D eigenvalue weighted by Crippen LogP contribution is -2.05. The normalized spacial score (nSPS) is 10.1. The van der Waals surface area contributed by atoms with Gasteiger partial charge in [0.2, 0.25) is 0 Å². The topological polar surface area (TPSA) is 56.0 Å². The average molecular weight is 274 g/mol. The van der Waals surface area contributed by atoms with Crippen LogP contribution in [-0.2, 0) is 13.2 Å². The first-order valence-electron chi connectivity index (χ1n) is 5.95. The van der Waals surface area contributed by atoms with Gasteiger partial charge in [-0.1, -0.05) is 24.3 Å². The van der Waals surface area contributed by atoms with Crippen LogP contribution in [0.1, 0.15) is 16.7 Å². The van der Waals surface area contributed by atoms with E-state index >= 15 is 0 Å². The van der Waals surface area contributed by atoms with Gasteiger partial charge in [0, 0.05) is 6.54 Å². The molecule has 0 fully saturated rings. The monoisotopic (exact) mass is 274 g/mol. The molecule has 102 valence electrons. The number of hydrogen-bond acceptors (Lipinski definition) is 3. The van der Waals surface area contributed by atoms with Gasteiger partial charge in [-0.25, -0.2) is 8.78 Å². The van der Waals surface area contributed by atoms with E-state index < -0.39 is 11.6 Å². The molecule has 0 radical (unpaired) electrons.